The number of hydrogen-bond donors (Lipinski definition) is 4. The van der Waals surface area contributed by atoms with Crippen molar-refractivity contribution in [3.05, 3.63) is 83.9 Å². The van der Waals surface area contributed by atoms with Crippen LogP contribution in [0, 0.1) is 10.8 Å². The molecule has 156 valence electrons. The highest BCUT2D eigenvalue weighted by atomic mass is 19.4. The number of carbonyl (C=O) groups is 1. The van der Waals surface area contributed by atoms with E-state index < -0.39 is 23.2 Å². The van der Waals surface area contributed by atoms with Crippen LogP contribution in [0.1, 0.15) is 5.56 Å². The summed E-state index contributed by atoms with van der Waals surface area (Å²) in [7, 11) is 1.20. The predicted octanol–water partition coefficient (Wildman–Crippen LogP) is 4.84. The first kappa shape index (κ1) is 22.4. The maximum absolute atomic E-state index is 12.8. The summed E-state index contributed by atoms with van der Waals surface area (Å²) in [6, 6.07) is 13.2. The molecule has 0 radical (unpaired) electrons. The standard InChI is InChI=1S/C21H19F3N4O2/c1-30-18(13-27-16-9-5-6-14(12-16)21(22,23)24)20(29)19(26)17(10-11-25)28-15-7-3-2-4-8-15/h2-13,25-28H,1H3/b17-10-,18-13+,25-11?,26-19?. The topological polar surface area (TPSA) is 98.1 Å². The first-order valence-electron chi connectivity index (χ1n) is 8.60. The minimum Gasteiger partial charge on any atom is -0.491 e. The van der Waals surface area contributed by atoms with Crippen LogP contribution in [0.2, 0.25) is 0 Å². The van der Waals surface area contributed by atoms with Gasteiger partial charge in [-0.05, 0) is 36.4 Å². The van der Waals surface area contributed by atoms with Crippen LogP contribution in [-0.2, 0) is 15.7 Å². The average Bonchev–Trinajstić information content (AvgIpc) is 2.73. The lowest BCUT2D eigenvalue weighted by Gasteiger charge is -2.13. The highest BCUT2D eigenvalue weighted by Crippen LogP contribution is 2.30. The molecule has 0 aliphatic rings. The van der Waals surface area contributed by atoms with Gasteiger partial charge in [0.25, 0.3) is 0 Å². The van der Waals surface area contributed by atoms with Gasteiger partial charge in [0.05, 0.1) is 18.4 Å². The lowest BCUT2D eigenvalue weighted by molar-refractivity contribution is -0.137. The Balaban J connectivity index is 2.20. The Morgan fingerprint density at radius 1 is 1.07 bits per heavy atom. The van der Waals surface area contributed by atoms with E-state index in [1.54, 1.807) is 30.3 Å². The molecule has 0 spiro atoms. The summed E-state index contributed by atoms with van der Waals surface area (Å²) in [6.45, 7) is 0. The molecule has 0 fully saturated rings. The van der Waals surface area contributed by atoms with Gasteiger partial charge in [0.15, 0.2) is 5.76 Å². The Kier molecular flexibility index (Phi) is 7.51. The van der Waals surface area contributed by atoms with Gasteiger partial charge in [0.2, 0.25) is 5.78 Å². The Hall–Kier alpha value is -3.88. The van der Waals surface area contributed by atoms with E-state index in [0.29, 0.717) is 5.69 Å². The van der Waals surface area contributed by atoms with Crippen LogP contribution in [0.25, 0.3) is 0 Å². The number of halogens is 3. The number of Topliss-reactive ketones (excluding diaryl/α,β-unsaturated/α-hetero) is 1. The molecule has 0 aromatic heterocycles. The number of alkyl halides is 3. The summed E-state index contributed by atoms with van der Waals surface area (Å²) in [6.07, 6.45) is -1.26. The van der Waals surface area contributed by atoms with Crippen molar-refractivity contribution in [2.24, 2.45) is 0 Å². The zero-order chi connectivity index (χ0) is 22.1. The number of ketones is 1. The molecule has 0 aliphatic carbocycles. The molecule has 0 bridgehead atoms. The van der Waals surface area contributed by atoms with Gasteiger partial charge in [-0.15, -0.1) is 0 Å². The van der Waals surface area contributed by atoms with Crippen LogP contribution in [0.5, 0.6) is 0 Å². The molecule has 2 rings (SSSR count). The smallest absolute Gasteiger partial charge is 0.416 e. The fraction of sp³-hybridized carbons (Fsp3) is 0.0952. The second kappa shape index (κ2) is 10.1. The summed E-state index contributed by atoms with van der Waals surface area (Å²) < 4.78 is 43.5. The van der Waals surface area contributed by atoms with E-state index in [0.717, 1.165) is 24.5 Å². The maximum Gasteiger partial charge on any atom is 0.416 e. The Morgan fingerprint density at radius 2 is 1.73 bits per heavy atom. The highest BCUT2D eigenvalue weighted by molar-refractivity contribution is 6.50. The third kappa shape index (κ3) is 6.06. The van der Waals surface area contributed by atoms with Crippen molar-refractivity contribution in [3.63, 3.8) is 0 Å². The van der Waals surface area contributed by atoms with Crippen molar-refractivity contribution >= 4 is 29.1 Å². The molecule has 6 nitrogen and oxygen atoms in total. The summed E-state index contributed by atoms with van der Waals surface area (Å²) in [4.78, 5) is 12.6. The highest BCUT2D eigenvalue weighted by Gasteiger charge is 2.30. The minimum absolute atomic E-state index is 0.0585. The van der Waals surface area contributed by atoms with Gasteiger partial charge < -0.3 is 20.8 Å². The van der Waals surface area contributed by atoms with Gasteiger partial charge in [0, 0.05) is 23.8 Å². The summed E-state index contributed by atoms with van der Waals surface area (Å²) in [5.74, 6) is -1.11. The molecule has 0 aliphatic heterocycles. The molecule has 2 aromatic carbocycles. The number of benzene rings is 2. The van der Waals surface area contributed by atoms with Crippen LogP contribution in [0.15, 0.2) is 78.3 Å². The number of methoxy groups -OCH3 is 1. The molecular weight excluding hydrogens is 397 g/mol. The van der Waals surface area contributed by atoms with Gasteiger partial charge in [-0.2, -0.15) is 13.2 Å². The fourth-order valence-corrected chi connectivity index (χ4v) is 2.34. The fourth-order valence-electron chi connectivity index (χ4n) is 2.34. The van der Waals surface area contributed by atoms with Crippen molar-refractivity contribution in [2.45, 2.75) is 6.18 Å². The number of allylic oxidation sites excluding steroid dienone is 3. The summed E-state index contributed by atoms with van der Waals surface area (Å²) in [5, 5.41) is 20.9. The number of nitrogens with one attached hydrogen (secondary N) is 4. The van der Waals surface area contributed by atoms with E-state index in [1.165, 1.54) is 25.3 Å². The van der Waals surface area contributed by atoms with E-state index >= 15 is 0 Å². The van der Waals surface area contributed by atoms with E-state index in [2.05, 4.69) is 10.6 Å². The van der Waals surface area contributed by atoms with Crippen molar-refractivity contribution in [1.29, 1.82) is 10.8 Å². The molecule has 0 amide bonds. The first-order chi connectivity index (χ1) is 14.3. The third-order valence-electron chi connectivity index (χ3n) is 3.80. The second-order valence-electron chi connectivity index (χ2n) is 5.88. The lowest BCUT2D eigenvalue weighted by Crippen LogP contribution is -2.23. The number of anilines is 2. The zero-order valence-corrected chi connectivity index (χ0v) is 15.9. The lowest BCUT2D eigenvalue weighted by atomic mass is 10.1. The molecule has 0 saturated heterocycles. The van der Waals surface area contributed by atoms with Crippen LogP contribution < -0.4 is 10.6 Å². The van der Waals surface area contributed by atoms with E-state index in [1.807, 2.05) is 0 Å². The van der Waals surface area contributed by atoms with Crippen molar-refractivity contribution in [1.82, 2.24) is 0 Å². The monoisotopic (exact) mass is 416 g/mol. The van der Waals surface area contributed by atoms with Gasteiger partial charge in [-0.1, -0.05) is 24.3 Å². The van der Waals surface area contributed by atoms with E-state index in [4.69, 9.17) is 15.6 Å². The summed E-state index contributed by atoms with van der Waals surface area (Å²) in [5.41, 5.74) is -0.573. The zero-order valence-electron chi connectivity index (χ0n) is 15.9. The predicted molar refractivity (Wildman–Crippen MR) is 110 cm³/mol. The molecule has 0 unspecified atom stereocenters. The second-order valence-corrected chi connectivity index (χ2v) is 5.88. The first-order valence-corrected chi connectivity index (χ1v) is 8.60. The molecule has 2 aromatic rings. The number of ether oxygens (including phenoxy) is 1. The van der Waals surface area contributed by atoms with Crippen LogP contribution in [-0.4, -0.2) is 24.8 Å². The van der Waals surface area contributed by atoms with Gasteiger partial charge >= 0.3 is 6.18 Å². The molecule has 4 N–H and O–H groups in total. The molecular formula is C21H19F3N4O2. The summed E-state index contributed by atoms with van der Waals surface area (Å²) >= 11 is 0. The Bertz CT molecular complexity index is 983. The van der Waals surface area contributed by atoms with Crippen LogP contribution >= 0.6 is 0 Å². The molecule has 0 heterocycles. The van der Waals surface area contributed by atoms with Gasteiger partial charge in [-0.3, -0.25) is 10.2 Å². The molecule has 30 heavy (non-hydrogen) atoms. The molecule has 0 atom stereocenters. The van der Waals surface area contributed by atoms with E-state index in [9.17, 15) is 18.0 Å². The number of para-hydroxylation sites is 1. The van der Waals surface area contributed by atoms with Gasteiger partial charge in [-0.25, -0.2) is 0 Å². The van der Waals surface area contributed by atoms with Crippen molar-refractivity contribution in [3.8, 4) is 0 Å². The Labute approximate surface area is 171 Å². The molecule has 0 saturated carbocycles. The quantitative estimate of drug-likeness (QED) is 0.267. The SMILES string of the molecule is CO/C(=C/Nc1cccc(C(F)(F)F)c1)C(=O)C(=N)/C(=C/C=N)Nc1ccccc1. The minimum atomic E-state index is -4.50. The van der Waals surface area contributed by atoms with E-state index in [-0.39, 0.29) is 17.1 Å². The average molecular weight is 416 g/mol. The third-order valence-corrected chi connectivity index (χ3v) is 3.80. The molecule has 9 heteroatoms. The number of carbonyl (C=O) groups excluding carboxylic acids is 1. The number of rotatable bonds is 9. The van der Waals surface area contributed by atoms with Gasteiger partial charge in [0.1, 0.15) is 5.71 Å². The maximum atomic E-state index is 12.8. The van der Waals surface area contributed by atoms with Crippen LogP contribution in [0.4, 0.5) is 24.5 Å². The van der Waals surface area contributed by atoms with Crippen molar-refractivity contribution < 1.29 is 22.7 Å². The number of hydrogen-bond acceptors (Lipinski definition) is 6. The van der Waals surface area contributed by atoms with Crippen LogP contribution in [0.3, 0.4) is 0 Å². The van der Waals surface area contributed by atoms with Crippen molar-refractivity contribution in [2.75, 3.05) is 17.7 Å². The normalized spacial score (nSPS) is 12.1. The largest absolute Gasteiger partial charge is 0.491 e. The Morgan fingerprint density at radius 3 is 2.33 bits per heavy atom.